The van der Waals surface area contributed by atoms with Crippen LogP contribution in [0.4, 0.5) is 0 Å². The van der Waals surface area contributed by atoms with E-state index in [2.05, 4.69) is 24.0 Å². The van der Waals surface area contributed by atoms with Crippen LogP contribution in [0.3, 0.4) is 0 Å². The Morgan fingerprint density at radius 2 is 2.06 bits per heavy atom. The summed E-state index contributed by atoms with van der Waals surface area (Å²) < 4.78 is 5.49. The fraction of sp³-hybridized carbons (Fsp3) is 0.357. The van der Waals surface area contributed by atoms with E-state index in [0.717, 1.165) is 27.6 Å². The molecule has 2 N–H and O–H groups in total. The van der Waals surface area contributed by atoms with Gasteiger partial charge in [0.15, 0.2) is 0 Å². The molecule has 0 aliphatic carbocycles. The number of aromatic nitrogens is 1. The van der Waals surface area contributed by atoms with Gasteiger partial charge in [-0.2, -0.15) is 0 Å². The van der Waals surface area contributed by atoms with Crippen molar-refractivity contribution in [3.05, 3.63) is 33.6 Å². The SMILES string of the molecule is COc1c(C)cc(C)cc1-c1csc(C(C)N)n1. The Bertz CT molecular complexity index is 561. The molecule has 0 aliphatic rings. The molecule has 2 rings (SSSR count). The Kier molecular flexibility index (Phi) is 3.68. The van der Waals surface area contributed by atoms with Crippen LogP contribution in [0.5, 0.6) is 5.75 Å². The van der Waals surface area contributed by atoms with E-state index in [-0.39, 0.29) is 6.04 Å². The Morgan fingerprint density at radius 3 is 2.61 bits per heavy atom. The van der Waals surface area contributed by atoms with Gasteiger partial charge in [-0.1, -0.05) is 6.07 Å². The molecular formula is C14H18N2OS. The minimum atomic E-state index is -0.0272. The second-order valence-corrected chi connectivity index (χ2v) is 5.41. The first-order chi connectivity index (χ1) is 8.52. The van der Waals surface area contributed by atoms with E-state index in [1.165, 1.54) is 5.56 Å². The smallest absolute Gasteiger partial charge is 0.131 e. The van der Waals surface area contributed by atoms with Crippen LogP contribution >= 0.6 is 11.3 Å². The summed E-state index contributed by atoms with van der Waals surface area (Å²) in [7, 11) is 1.69. The van der Waals surface area contributed by atoms with E-state index < -0.39 is 0 Å². The summed E-state index contributed by atoms with van der Waals surface area (Å²) in [5.74, 6) is 0.891. The molecule has 0 amide bonds. The van der Waals surface area contributed by atoms with Gasteiger partial charge in [0.25, 0.3) is 0 Å². The molecule has 1 aromatic heterocycles. The summed E-state index contributed by atoms with van der Waals surface area (Å²) >= 11 is 1.59. The number of methoxy groups -OCH3 is 1. The molecule has 1 aromatic carbocycles. The van der Waals surface area contributed by atoms with Gasteiger partial charge in [-0.25, -0.2) is 4.98 Å². The number of nitrogens with two attached hydrogens (primary N) is 1. The van der Waals surface area contributed by atoms with Gasteiger partial charge in [-0.05, 0) is 38.0 Å². The Labute approximate surface area is 112 Å². The van der Waals surface area contributed by atoms with E-state index in [4.69, 9.17) is 10.5 Å². The van der Waals surface area contributed by atoms with Crippen LogP contribution in [0, 0.1) is 13.8 Å². The summed E-state index contributed by atoms with van der Waals surface area (Å²) in [5, 5.41) is 2.99. The Morgan fingerprint density at radius 1 is 1.33 bits per heavy atom. The first-order valence-corrected chi connectivity index (χ1v) is 6.77. The molecule has 1 unspecified atom stereocenters. The van der Waals surface area contributed by atoms with Gasteiger partial charge in [-0.15, -0.1) is 11.3 Å². The lowest BCUT2D eigenvalue weighted by Crippen LogP contribution is -2.04. The lowest BCUT2D eigenvalue weighted by molar-refractivity contribution is 0.413. The van der Waals surface area contributed by atoms with Gasteiger partial charge >= 0.3 is 0 Å². The predicted molar refractivity (Wildman–Crippen MR) is 76.2 cm³/mol. The van der Waals surface area contributed by atoms with Crippen LogP contribution in [-0.4, -0.2) is 12.1 Å². The van der Waals surface area contributed by atoms with Crippen LogP contribution < -0.4 is 10.5 Å². The number of ether oxygens (including phenoxy) is 1. The average Bonchev–Trinajstić information content (AvgIpc) is 2.77. The van der Waals surface area contributed by atoms with Gasteiger partial charge in [0.1, 0.15) is 10.8 Å². The van der Waals surface area contributed by atoms with Gasteiger partial charge in [0.05, 0.1) is 18.8 Å². The summed E-state index contributed by atoms with van der Waals surface area (Å²) in [6.07, 6.45) is 0. The number of nitrogens with zero attached hydrogens (tertiary/aromatic N) is 1. The standard InChI is InChI=1S/C14H18N2OS/c1-8-5-9(2)13(17-4)11(6-8)12-7-18-14(16-12)10(3)15/h5-7,10H,15H2,1-4H3. The minimum absolute atomic E-state index is 0.0272. The third kappa shape index (κ3) is 2.40. The van der Waals surface area contributed by atoms with Gasteiger partial charge < -0.3 is 10.5 Å². The van der Waals surface area contributed by atoms with E-state index in [0.29, 0.717) is 0 Å². The fourth-order valence-corrected chi connectivity index (χ4v) is 2.81. The van der Waals surface area contributed by atoms with Crippen LogP contribution in [-0.2, 0) is 0 Å². The third-order valence-electron chi connectivity index (χ3n) is 2.81. The monoisotopic (exact) mass is 262 g/mol. The molecule has 3 nitrogen and oxygen atoms in total. The molecule has 1 heterocycles. The Hall–Kier alpha value is -1.39. The number of rotatable bonds is 3. The molecule has 18 heavy (non-hydrogen) atoms. The molecule has 0 saturated carbocycles. The maximum Gasteiger partial charge on any atom is 0.131 e. The van der Waals surface area contributed by atoms with Crippen molar-refractivity contribution in [1.29, 1.82) is 0 Å². The molecule has 0 spiro atoms. The van der Waals surface area contributed by atoms with Crippen LogP contribution in [0.2, 0.25) is 0 Å². The zero-order valence-electron chi connectivity index (χ0n) is 11.2. The molecule has 4 heteroatoms. The molecule has 96 valence electrons. The fourth-order valence-electron chi connectivity index (χ4n) is 2.04. The predicted octanol–water partition coefficient (Wildman–Crippen LogP) is 3.46. The summed E-state index contributed by atoms with van der Waals surface area (Å²) in [5.41, 5.74) is 10.2. The summed E-state index contributed by atoms with van der Waals surface area (Å²) in [6.45, 7) is 6.07. The highest BCUT2D eigenvalue weighted by Gasteiger charge is 2.14. The van der Waals surface area contributed by atoms with Crippen molar-refractivity contribution in [2.24, 2.45) is 5.73 Å². The van der Waals surface area contributed by atoms with E-state index in [1.807, 2.05) is 19.2 Å². The summed E-state index contributed by atoms with van der Waals surface area (Å²) in [4.78, 5) is 4.58. The highest BCUT2D eigenvalue weighted by molar-refractivity contribution is 7.10. The van der Waals surface area contributed by atoms with Crippen LogP contribution in [0.1, 0.15) is 29.1 Å². The third-order valence-corrected chi connectivity index (χ3v) is 3.86. The molecule has 0 radical (unpaired) electrons. The van der Waals surface area contributed by atoms with Gasteiger partial charge in [0.2, 0.25) is 0 Å². The normalized spacial score (nSPS) is 12.5. The number of hydrogen-bond acceptors (Lipinski definition) is 4. The van der Waals surface area contributed by atoms with Crippen molar-refractivity contribution in [2.45, 2.75) is 26.8 Å². The molecule has 0 fully saturated rings. The summed E-state index contributed by atoms with van der Waals surface area (Å²) in [6, 6.07) is 4.19. The number of aryl methyl sites for hydroxylation is 2. The zero-order chi connectivity index (χ0) is 13.3. The first kappa shape index (κ1) is 13.1. The second kappa shape index (κ2) is 5.08. The van der Waals surface area contributed by atoms with Crippen molar-refractivity contribution < 1.29 is 4.74 Å². The highest BCUT2D eigenvalue weighted by Crippen LogP contribution is 2.35. The van der Waals surface area contributed by atoms with Crippen LogP contribution in [0.15, 0.2) is 17.5 Å². The number of thiazole rings is 1. The van der Waals surface area contributed by atoms with E-state index in [9.17, 15) is 0 Å². The number of benzene rings is 1. The van der Waals surface area contributed by atoms with E-state index >= 15 is 0 Å². The molecule has 1 atom stereocenters. The maximum absolute atomic E-state index is 5.85. The molecule has 2 aromatic rings. The second-order valence-electron chi connectivity index (χ2n) is 4.52. The quantitative estimate of drug-likeness (QED) is 0.921. The maximum atomic E-state index is 5.85. The minimum Gasteiger partial charge on any atom is -0.496 e. The lowest BCUT2D eigenvalue weighted by Gasteiger charge is -2.11. The van der Waals surface area contributed by atoms with Crippen molar-refractivity contribution in [2.75, 3.05) is 7.11 Å². The van der Waals surface area contributed by atoms with Crippen molar-refractivity contribution in [1.82, 2.24) is 4.98 Å². The largest absolute Gasteiger partial charge is 0.496 e. The highest BCUT2D eigenvalue weighted by atomic mass is 32.1. The molecule has 0 saturated heterocycles. The zero-order valence-corrected chi connectivity index (χ0v) is 12.0. The van der Waals surface area contributed by atoms with Gasteiger partial charge in [-0.3, -0.25) is 0 Å². The molecule has 0 aliphatic heterocycles. The molecule has 0 bridgehead atoms. The van der Waals surface area contributed by atoms with Crippen molar-refractivity contribution in [3.63, 3.8) is 0 Å². The first-order valence-electron chi connectivity index (χ1n) is 5.89. The number of hydrogen-bond donors (Lipinski definition) is 1. The van der Waals surface area contributed by atoms with Crippen molar-refractivity contribution >= 4 is 11.3 Å². The van der Waals surface area contributed by atoms with E-state index in [1.54, 1.807) is 18.4 Å². The topological polar surface area (TPSA) is 48.1 Å². The molecular weight excluding hydrogens is 244 g/mol. The average molecular weight is 262 g/mol. The van der Waals surface area contributed by atoms with Crippen molar-refractivity contribution in [3.8, 4) is 17.0 Å². The van der Waals surface area contributed by atoms with Crippen LogP contribution in [0.25, 0.3) is 11.3 Å². The van der Waals surface area contributed by atoms with Gasteiger partial charge in [0, 0.05) is 10.9 Å². The Balaban J connectivity index is 2.55. The lowest BCUT2D eigenvalue weighted by atomic mass is 10.0.